The van der Waals surface area contributed by atoms with Gasteiger partial charge in [0.1, 0.15) is 11.6 Å². The smallest absolute Gasteiger partial charge is 0.253 e. The van der Waals surface area contributed by atoms with Crippen LogP contribution in [0, 0.1) is 5.82 Å². The molecule has 2 aromatic rings. The van der Waals surface area contributed by atoms with Gasteiger partial charge in [-0.15, -0.1) is 0 Å². The highest BCUT2D eigenvalue weighted by Gasteiger charge is 2.30. The molecule has 1 saturated heterocycles. The number of nitrogens with two attached hydrogens (primary N) is 1. The predicted octanol–water partition coefficient (Wildman–Crippen LogP) is 4.04. The Kier molecular flexibility index (Phi) is 4.76. The van der Waals surface area contributed by atoms with Crippen LogP contribution in [0.25, 0.3) is 0 Å². The van der Waals surface area contributed by atoms with Crippen molar-refractivity contribution in [1.29, 1.82) is 0 Å². The van der Waals surface area contributed by atoms with Crippen LogP contribution in [0.3, 0.4) is 0 Å². The van der Waals surface area contributed by atoms with Gasteiger partial charge in [-0.3, -0.25) is 4.79 Å². The number of ether oxygens (including phenoxy) is 1. The van der Waals surface area contributed by atoms with Crippen molar-refractivity contribution in [3.05, 3.63) is 57.8 Å². The van der Waals surface area contributed by atoms with E-state index in [-0.39, 0.29) is 11.6 Å². The van der Waals surface area contributed by atoms with E-state index in [4.69, 9.17) is 10.5 Å². The summed E-state index contributed by atoms with van der Waals surface area (Å²) in [5.41, 5.74) is 7.00. The van der Waals surface area contributed by atoms with Gasteiger partial charge < -0.3 is 15.4 Å². The van der Waals surface area contributed by atoms with Gasteiger partial charge in [-0.05, 0) is 42.7 Å². The van der Waals surface area contributed by atoms with Crippen molar-refractivity contribution in [3.8, 4) is 5.75 Å². The largest absolute Gasteiger partial charge is 0.497 e. The molecular formula is C18H18BrFN2O2. The minimum absolute atomic E-state index is 0.0568. The van der Waals surface area contributed by atoms with Crippen LogP contribution in [-0.2, 0) is 0 Å². The first kappa shape index (κ1) is 16.8. The molecule has 1 aliphatic heterocycles. The Bertz CT molecular complexity index is 764. The fourth-order valence-corrected chi connectivity index (χ4v) is 3.68. The molecule has 1 aliphatic rings. The van der Waals surface area contributed by atoms with Gasteiger partial charge in [0, 0.05) is 11.0 Å². The fraction of sp³-hybridized carbons (Fsp3) is 0.278. The molecule has 2 N–H and O–H groups in total. The zero-order valence-electron chi connectivity index (χ0n) is 13.3. The average Bonchev–Trinajstić information content (AvgIpc) is 3.03. The Morgan fingerprint density at radius 2 is 2.04 bits per heavy atom. The molecule has 0 saturated carbocycles. The van der Waals surface area contributed by atoms with Gasteiger partial charge >= 0.3 is 0 Å². The monoisotopic (exact) mass is 392 g/mol. The van der Waals surface area contributed by atoms with Crippen LogP contribution in [0.15, 0.2) is 40.9 Å². The van der Waals surface area contributed by atoms with Crippen LogP contribution in [0.1, 0.15) is 34.8 Å². The molecule has 6 heteroatoms. The van der Waals surface area contributed by atoms with E-state index in [2.05, 4.69) is 20.8 Å². The molecule has 1 atom stereocenters. The van der Waals surface area contributed by atoms with Gasteiger partial charge in [0.15, 0.2) is 0 Å². The maximum atomic E-state index is 14.3. The highest BCUT2D eigenvalue weighted by molar-refractivity contribution is 9.10. The molecule has 0 aliphatic carbocycles. The molecule has 0 spiro atoms. The molecule has 3 rings (SSSR count). The Hall–Kier alpha value is -2.08. The van der Waals surface area contributed by atoms with Crippen molar-refractivity contribution in [3.63, 3.8) is 0 Å². The molecule has 0 aromatic heterocycles. The van der Waals surface area contributed by atoms with Gasteiger partial charge in [0.25, 0.3) is 5.91 Å². The summed E-state index contributed by atoms with van der Waals surface area (Å²) in [5, 5.41) is 0. The number of rotatable bonds is 4. The van der Waals surface area contributed by atoms with Crippen LogP contribution < -0.4 is 15.4 Å². The quantitative estimate of drug-likeness (QED) is 0.853. The van der Waals surface area contributed by atoms with E-state index in [9.17, 15) is 9.18 Å². The summed E-state index contributed by atoms with van der Waals surface area (Å²) < 4.78 is 20.0. The number of hydrogen-bond donors (Lipinski definition) is 1. The van der Waals surface area contributed by atoms with E-state index in [1.807, 2.05) is 24.3 Å². The third kappa shape index (κ3) is 3.11. The lowest BCUT2D eigenvalue weighted by Crippen LogP contribution is -2.27. The number of hydrogen-bond acceptors (Lipinski definition) is 3. The Morgan fingerprint density at radius 3 is 2.67 bits per heavy atom. The van der Waals surface area contributed by atoms with E-state index in [1.165, 1.54) is 6.07 Å². The highest BCUT2D eigenvalue weighted by atomic mass is 79.9. The van der Waals surface area contributed by atoms with Crippen LogP contribution in [0.4, 0.5) is 10.1 Å². The molecule has 1 heterocycles. The first-order chi connectivity index (χ1) is 11.5. The number of methoxy groups -OCH3 is 1. The van der Waals surface area contributed by atoms with Gasteiger partial charge in [0.05, 0.1) is 24.4 Å². The van der Waals surface area contributed by atoms with Gasteiger partial charge in [-0.25, -0.2) is 4.39 Å². The zero-order chi connectivity index (χ0) is 17.3. The summed E-state index contributed by atoms with van der Waals surface area (Å²) in [5.74, 6) is -0.572. The highest BCUT2D eigenvalue weighted by Crippen LogP contribution is 2.39. The van der Waals surface area contributed by atoms with Crippen molar-refractivity contribution >= 4 is 27.5 Å². The number of primary amides is 1. The second kappa shape index (κ2) is 6.81. The second-order valence-electron chi connectivity index (χ2n) is 5.77. The third-order valence-corrected chi connectivity index (χ3v) is 4.80. The summed E-state index contributed by atoms with van der Waals surface area (Å²) in [6, 6.07) is 10.9. The molecule has 1 unspecified atom stereocenters. The fourth-order valence-electron chi connectivity index (χ4n) is 3.26. The zero-order valence-corrected chi connectivity index (χ0v) is 14.8. The third-order valence-electron chi connectivity index (χ3n) is 4.34. The van der Waals surface area contributed by atoms with E-state index in [0.29, 0.717) is 10.2 Å². The average molecular weight is 393 g/mol. The Morgan fingerprint density at radius 1 is 1.33 bits per heavy atom. The van der Waals surface area contributed by atoms with E-state index in [1.54, 1.807) is 13.2 Å². The summed E-state index contributed by atoms with van der Waals surface area (Å²) in [6.45, 7) is 0.743. The maximum absolute atomic E-state index is 14.3. The van der Waals surface area contributed by atoms with Crippen molar-refractivity contribution in [1.82, 2.24) is 0 Å². The lowest BCUT2D eigenvalue weighted by molar-refractivity contribution is 0.0997. The summed E-state index contributed by atoms with van der Waals surface area (Å²) in [4.78, 5) is 13.8. The number of halogens is 2. The standard InChI is InChI=1S/C18H18BrFN2O2/c1-24-13-6-4-11(5-7-13)15-3-2-8-22(15)16-10-12(19)9-14(20)17(16)18(21)23/h4-7,9-10,15H,2-3,8H2,1H3,(H2,21,23). The Labute approximate surface area is 148 Å². The van der Waals surface area contributed by atoms with Crippen molar-refractivity contribution < 1.29 is 13.9 Å². The number of amides is 1. The Balaban J connectivity index is 2.03. The van der Waals surface area contributed by atoms with Gasteiger partial charge in [0.2, 0.25) is 0 Å². The van der Waals surface area contributed by atoms with Crippen molar-refractivity contribution in [2.24, 2.45) is 5.73 Å². The first-order valence-electron chi connectivity index (χ1n) is 7.70. The first-order valence-corrected chi connectivity index (χ1v) is 8.50. The van der Waals surface area contributed by atoms with Crippen LogP contribution >= 0.6 is 15.9 Å². The summed E-state index contributed by atoms with van der Waals surface area (Å²) >= 11 is 3.30. The summed E-state index contributed by atoms with van der Waals surface area (Å²) in [7, 11) is 1.63. The van der Waals surface area contributed by atoms with Crippen molar-refractivity contribution in [2.75, 3.05) is 18.6 Å². The topological polar surface area (TPSA) is 55.6 Å². The molecule has 1 amide bonds. The molecule has 0 radical (unpaired) electrons. The lowest BCUT2D eigenvalue weighted by atomic mass is 10.0. The number of carbonyl (C=O) groups is 1. The van der Waals surface area contributed by atoms with E-state index >= 15 is 0 Å². The summed E-state index contributed by atoms with van der Waals surface area (Å²) in [6.07, 6.45) is 1.89. The SMILES string of the molecule is COc1ccc(C2CCCN2c2cc(Br)cc(F)c2C(N)=O)cc1. The molecule has 2 aromatic carbocycles. The van der Waals surface area contributed by atoms with Crippen molar-refractivity contribution in [2.45, 2.75) is 18.9 Å². The lowest BCUT2D eigenvalue weighted by Gasteiger charge is -2.29. The second-order valence-corrected chi connectivity index (χ2v) is 6.69. The number of benzene rings is 2. The van der Waals surface area contributed by atoms with E-state index in [0.717, 1.165) is 30.7 Å². The molecule has 126 valence electrons. The number of anilines is 1. The van der Waals surface area contributed by atoms with Crippen LogP contribution in [0.5, 0.6) is 5.75 Å². The van der Waals surface area contributed by atoms with E-state index < -0.39 is 11.7 Å². The van der Waals surface area contributed by atoms with Crippen LogP contribution in [0.2, 0.25) is 0 Å². The van der Waals surface area contributed by atoms with Gasteiger partial charge in [-0.2, -0.15) is 0 Å². The number of nitrogens with zero attached hydrogens (tertiary/aromatic N) is 1. The minimum atomic E-state index is -0.754. The molecule has 4 nitrogen and oxygen atoms in total. The maximum Gasteiger partial charge on any atom is 0.253 e. The molecule has 0 bridgehead atoms. The minimum Gasteiger partial charge on any atom is -0.497 e. The molecular weight excluding hydrogens is 375 g/mol. The predicted molar refractivity (Wildman–Crippen MR) is 94.9 cm³/mol. The van der Waals surface area contributed by atoms with Crippen LogP contribution in [-0.4, -0.2) is 19.6 Å². The molecule has 24 heavy (non-hydrogen) atoms. The molecule has 1 fully saturated rings. The number of carbonyl (C=O) groups excluding carboxylic acids is 1. The van der Waals surface area contributed by atoms with Gasteiger partial charge in [-0.1, -0.05) is 28.1 Å². The normalized spacial score (nSPS) is 17.1.